The van der Waals surface area contributed by atoms with Gasteiger partial charge in [0.05, 0.1) is 12.2 Å². The maximum absolute atomic E-state index is 9.82. The van der Waals surface area contributed by atoms with Crippen LogP contribution in [0.1, 0.15) is 48.0 Å². The molecule has 0 saturated carbocycles. The lowest BCUT2D eigenvalue weighted by molar-refractivity contribution is -0.140. The summed E-state index contributed by atoms with van der Waals surface area (Å²) >= 11 is 0. The van der Waals surface area contributed by atoms with Gasteiger partial charge >= 0.3 is 5.97 Å². The molecule has 14 heavy (non-hydrogen) atoms. The molecule has 0 aromatic carbocycles. The summed E-state index contributed by atoms with van der Waals surface area (Å²) < 4.78 is 4.40. The van der Waals surface area contributed by atoms with E-state index in [2.05, 4.69) is 18.6 Å². The first-order valence-corrected chi connectivity index (χ1v) is 5.04. The maximum atomic E-state index is 9.82. The maximum Gasteiger partial charge on any atom is 0.302 e. The summed E-state index contributed by atoms with van der Waals surface area (Å²) in [6.45, 7) is 11.6. The number of aliphatic hydroxyl groups is 1. The lowest BCUT2D eigenvalue weighted by atomic mass is 9.97. The molecule has 0 fully saturated rings. The molecule has 0 aromatic heterocycles. The van der Waals surface area contributed by atoms with Crippen LogP contribution in [0.2, 0.25) is 0 Å². The molecule has 0 atom stereocenters. The fourth-order valence-electron chi connectivity index (χ4n) is 1.20. The summed E-state index contributed by atoms with van der Waals surface area (Å²) in [5.41, 5.74) is -0.478. The highest BCUT2D eigenvalue weighted by Crippen LogP contribution is 2.13. The summed E-state index contributed by atoms with van der Waals surface area (Å²) in [7, 11) is 0. The quantitative estimate of drug-likeness (QED) is 0.718. The molecule has 0 amide bonds. The zero-order valence-electron chi connectivity index (χ0n) is 10.3. The van der Waals surface area contributed by atoms with E-state index < -0.39 is 5.60 Å². The van der Waals surface area contributed by atoms with Gasteiger partial charge in [0.2, 0.25) is 0 Å². The SMILES string of the molecule is CC(C)CC(C)(C)O.CCOC(C)=O. The molecule has 1 N–H and O–H groups in total. The molecule has 0 rings (SSSR count). The Bertz CT molecular complexity index is 145. The summed E-state index contributed by atoms with van der Waals surface area (Å²) in [5.74, 6) is 0.382. The Hall–Kier alpha value is -0.570. The van der Waals surface area contributed by atoms with Crippen molar-refractivity contribution in [3.05, 3.63) is 0 Å². The van der Waals surface area contributed by atoms with E-state index >= 15 is 0 Å². The number of carbonyl (C=O) groups is 1. The molecule has 0 aliphatic heterocycles. The molecule has 0 unspecified atom stereocenters. The van der Waals surface area contributed by atoms with Crippen LogP contribution >= 0.6 is 0 Å². The first kappa shape index (κ1) is 15.9. The van der Waals surface area contributed by atoms with E-state index in [0.717, 1.165) is 6.42 Å². The molecule has 3 nitrogen and oxygen atoms in total. The number of ether oxygens (including phenoxy) is 1. The Morgan fingerprint density at radius 1 is 1.43 bits per heavy atom. The smallest absolute Gasteiger partial charge is 0.302 e. The molecule has 0 aliphatic rings. The van der Waals surface area contributed by atoms with Gasteiger partial charge in [0.25, 0.3) is 0 Å². The topological polar surface area (TPSA) is 46.5 Å². The molecule has 0 saturated heterocycles. The minimum absolute atomic E-state index is 0.211. The second kappa shape index (κ2) is 7.80. The predicted molar refractivity (Wildman–Crippen MR) is 58.1 cm³/mol. The standard InChI is InChI=1S/C7H16O.C4H8O2/c1-6(2)5-7(3,4)8;1-3-6-4(2)5/h6,8H,5H2,1-4H3;3H2,1-2H3. The fraction of sp³-hybridized carbons (Fsp3) is 0.909. The lowest BCUT2D eigenvalue weighted by Gasteiger charge is -2.18. The van der Waals surface area contributed by atoms with Crippen molar-refractivity contribution in [2.24, 2.45) is 5.92 Å². The van der Waals surface area contributed by atoms with Crippen LogP contribution in [0, 0.1) is 5.92 Å². The monoisotopic (exact) mass is 204 g/mol. The van der Waals surface area contributed by atoms with Gasteiger partial charge in [0.1, 0.15) is 0 Å². The first-order chi connectivity index (χ1) is 6.19. The number of hydrogen-bond acceptors (Lipinski definition) is 3. The third-order valence-corrected chi connectivity index (χ3v) is 1.26. The van der Waals surface area contributed by atoms with E-state index in [0.29, 0.717) is 12.5 Å². The molecule has 0 aliphatic carbocycles. The van der Waals surface area contributed by atoms with Crippen molar-refractivity contribution in [3.8, 4) is 0 Å². The van der Waals surface area contributed by atoms with Crippen LogP contribution in [0.4, 0.5) is 0 Å². The van der Waals surface area contributed by atoms with Crippen molar-refractivity contribution >= 4 is 5.97 Å². The molecule has 0 heterocycles. The molecule has 0 aromatic rings. The summed E-state index contributed by atoms with van der Waals surface area (Å²) in [4.78, 5) is 9.82. The van der Waals surface area contributed by atoms with Gasteiger partial charge in [0, 0.05) is 6.92 Å². The average molecular weight is 204 g/mol. The molecule has 0 radical (unpaired) electrons. The van der Waals surface area contributed by atoms with Crippen molar-refractivity contribution < 1.29 is 14.6 Å². The van der Waals surface area contributed by atoms with Crippen molar-refractivity contribution in [1.82, 2.24) is 0 Å². The minimum Gasteiger partial charge on any atom is -0.466 e. The van der Waals surface area contributed by atoms with Gasteiger partial charge in [-0.1, -0.05) is 13.8 Å². The normalized spacial score (nSPS) is 10.6. The Morgan fingerprint density at radius 2 is 1.86 bits per heavy atom. The third-order valence-electron chi connectivity index (χ3n) is 1.26. The number of carbonyl (C=O) groups excluding carboxylic acids is 1. The Kier molecular flexibility index (Phi) is 8.85. The van der Waals surface area contributed by atoms with Gasteiger partial charge in [-0.2, -0.15) is 0 Å². The summed E-state index contributed by atoms with van der Waals surface area (Å²) in [6.07, 6.45) is 0.882. The highest BCUT2D eigenvalue weighted by molar-refractivity contribution is 5.65. The average Bonchev–Trinajstić information content (AvgIpc) is 1.80. The molecule has 0 spiro atoms. The van der Waals surface area contributed by atoms with Gasteiger partial charge in [0.15, 0.2) is 0 Å². The highest BCUT2D eigenvalue weighted by atomic mass is 16.5. The number of hydrogen-bond donors (Lipinski definition) is 1. The highest BCUT2D eigenvalue weighted by Gasteiger charge is 2.13. The van der Waals surface area contributed by atoms with Crippen LogP contribution in [0.3, 0.4) is 0 Å². The van der Waals surface area contributed by atoms with E-state index in [1.165, 1.54) is 6.92 Å². The van der Waals surface area contributed by atoms with Gasteiger partial charge < -0.3 is 9.84 Å². The van der Waals surface area contributed by atoms with Crippen LogP contribution in [0.5, 0.6) is 0 Å². The van der Waals surface area contributed by atoms with E-state index in [1.54, 1.807) is 6.92 Å². The van der Waals surface area contributed by atoms with Crippen molar-refractivity contribution in [2.75, 3.05) is 6.61 Å². The van der Waals surface area contributed by atoms with Crippen LogP contribution in [0.25, 0.3) is 0 Å². The van der Waals surface area contributed by atoms with Gasteiger partial charge in [-0.3, -0.25) is 4.79 Å². The number of rotatable bonds is 3. The predicted octanol–water partition coefficient (Wildman–Crippen LogP) is 2.37. The van der Waals surface area contributed by atoms with Crippen LogP contribution in [-0.2, 0) is 9.53 Å². The zero-order valence-corrected chi connectivity index (χ0v) is 10.3. The minimum atomic E-state index is -0.478. The second-order valence-corrected chi connectivity index (χ2v) is 4.33. The first-order valence-electron chi connectivity index (χ1n) is 5.04. The molecule has 0 bridgehead atoms. The van der Waals surface area contributed by atoms with E-state index in [1.807, 2.05) is 13.8 Å². The van der Waals surface area contributed by atoms with Crippen molar-refractivity contribution in [1.29, 1.82) is 0 Å². The van der Waals surface area contributed by atoms with Gasteiger partial charge in [-0.25, -0.2) is 0 Å². The van der Waals surface area contributed by atoms with E-state index in [9.17, 15) is 9.90 Å². The van der Waals surface area contributed by atoms with Crippen LogP contribution in [-0.4, -0.2) is 23.3 Å². The van der Waals surface area contributed by atoms with E-state index in [4.69, 9.17) is 0 Å². The van der Waals surface area contributed by atoms with Crippen molar-refractivity contribution in [3.63, 3.8) is 0 Å². The van der Waals surface area contributed by atoms with Gasteiger partial charge in [-0.15, -0.1) is 0 Å². The summed E-state index contributed by atoms with van der Waals surface area (Å²) in [5, 5.41) is 9.19. The molecule has 86 valence electrons. The number of esters is 1. The lowest BCUT2D eigenvalue weighted by Crippen LogP contribution is -2.20. The van der Waals surface area contributed by atoms with E-state index in [-0.39, 0.29) is 5.97 Å². The third kappa shape index (κ3) is 22.5. The largest absolute Gasteiger partial charge is 0.466 e. The van der Waals surface area contributed by atoms with Crippen LogP contribution < -0.4 is 0 Å². The molecular formula is C11H24O3. The Balaban J connectivity index is 0. The summed E-state index contributed by atoms with van der Waals surface area (Å²) in [6, 6.07) is 0. The molecular weight excluding hydrogens is 180 g/mol. The van der Waals surface area contributed by atoms with Crippen LogP contribution in [0.15, 0.2) is 0 Å². The second-order valence-electron chi connectivity index (χ2n) is 4.33. The van der Waals surface area contributed by atoms with Gasteiger partial charge in [-0.05, 0) is 33.1 Å². The Morgan fingerprint density at radius 3 is 1.86 bits per heavy atom. The fourth-order valence-corrected chi connectivity index (χ4v) is 1.20. The zero-order chi connectivity index (χ0) is 11.8. The molecule has 3 heteroatoms. The Labute approximate surface area is 87.5 Å². The van der Waals surface area contributed by atoms with Crippen molar-refractivity contribution in [2.45, 2.75) is 53.6 Å².